The van der Waals surface area contributed by atoms with E-state index in [4.69, 9.17) is 5.73 Å². The van der Waals surface area contributed by atoms with E-state index >= 15 is 0 Å². The molecular weight excluding hydrogens is 378 g/mol. The molecule has 0 spiro atoms. The summed E-state index contributed by atoms with van der Waals surface area (Å²) in [6.45, 7) is 5.05. The summed E-state index contributed by atoms with van der Waals surface area (Å²) in [5, 5.41) is 2.70. The summed E-state index contributed by atoms with van der Waals surface area (Å²) in [5.41, 5.74) is 7.91. The molecule has 0 fully saturated rings. The second-order valence-corrected chi connectivity index (χ2v) is 7.61. The van der Waals surface area contributed by atoms with Crippen molar-refractivity contribution in [3.8, 4) is 0 Å². The van der Waals surface area contributed by atoms with Crippen molar-refractivity contribution in [1.29, 1.82) is 0 Å². The molecule has 0 aliphatic heterocycles. The number of nitrogens with zero attached hydrogens (tertiary/aromatic N) is 2. The maximum Gasteiger partial charge on any atom is 0.278 e. The van der Waals surface area contributed by atoms with E-state index in [9.17, 15) is 13.2 Å². The first kappa shape index (κ1) is 20.8. The van der Waals surface area contributed by atoms with Crippen LogP contribution in [0.1, 0.15) is 12.5 Å². The number of benzene rings is 2. The second-order valence-electron chi connectivity index (χ2n) is 5.86. The van der Waals surface area contributed by atoms with Gasteiger partial charge in [0.05, 0.1) is 6.26 Å². The minimum Gasteiger partial charge on any atom is -0.382 e. The highest BCUT2D eigenvalue weighted by Gasteiger charge is 2.14. The Morgan fingerprint density at radius 1 is 1.04 bits per heavy atom. The first-order chi connectivity index (χ1) is 13.2. The summed E-state index contributed by atoms with van der Waals surface area (Å²) >= 11 is 0. The molecule has 2 aromatic carbocycles. The van der Waals surface area contributed by atoms with Crippen LogP contribution in [-0.4, -0.2) is 33.0 Å². The Bertz CT molecular complexity index is 1030. The van der Waals surface area contributed by atoms with E-state index in [2.05, 4.69) is 26.7 Å². The maximum atomic E-state index is 12.6. The molecule has 0 atom stereocenters. The van der Waals surface area contributed by atoms with Gasteiger partial charge < -0.3 is 11.1 Å². The molecule has 0 aromatic heterocycles. The third-order valence-electron chi connectivity index (χ3n) is 3.55. The van der Waals surface area contributed by atoms with E-state index in [1.807, 2.05) is 6.07 Å². The number of amides is 1. The van der Waals surface area contributed by atoms with Crippen LogP contribution in [0.5, 0.6) is 0 Å². The normalized spacial score (nSPS) is 12.7. The van der Waals surface area contributed by atoms with E-state index in [0.717, 1.165) is 6.26 Å². The van der Waals surface area contributed by atoms with Gasteiger partial charge in [0.2, 0.25) is 10.0 Å². The quantitative estimate of drug-likeness (QED) is 0.488. The zero-order chi connectivity index (χ0) is 20.7. The lowest BCUT2D eigenvalue weighted by molar-refractivity contribution is -0.112. The number of carbonyl (C=O) groups is 1. The molecule has 146 valence electrons. The molecule has 8 nitrogen and oxygen atoms in total. The molecule has 4 N–H and O–H groups in total. The fraction of sp³-hybridized carbons (Fsp3) is 0.105. The lowest BCUT2D eigenvalue weighted by Crippen LogP contribution is -2.18. The smallest absolute Gasteiger partial charge is 0.278 e. The Labute approximate surface area is 164 Å². The fourth-order valence-electron chi connectivity index (χ4n) is 2.24. The molecule has 28 heavy (non-hydrogen) atoms. The largest absolute Gasteiger partial charge is 0.382 e. The summed E-state index contributed by atoms with van der Waals surface area (Å²) in [6, 6.07) is 15.4. The Kier molecular flexibility index (Phi) is 6.67. The number of carbonyl (C=O) groups excluding carboxylic acids is 1. The molecule has 0 aliphatic rings. The number of nitrogens with two attached hydrogens (primary N) is 1. The third kappa shape index (κ3) is 6.06. The van der Waals surface area contributed by atoms with E-state index in [1.54, 1.807) is 55.5 Å². The van der Waals surface area contributed by atoms with Crippen molar-refractivity contribution >= 4 is 39.7 Å². The van der Waals surface area contributed by atoms with Crippen LogP contribution in [0.15, 0.2) is 76.1 Å². The van der Waals surface area contributed by atoms with E-state index in [0.29, 0.717) is 22.6 Å². The summed E-state index contributed by atoms with van der Waals surface area (Å²) in [7, 11) is -3.36. The van der Waals surface area contributed by atoms with Crippen LogP contribution < -0.4 is 15.8 Å². The van der Waals surface area contributed by atoms with Crippen molar-refractivity contribution < 1.29 is 13.2 Å². The van der Waals surface area contributed by atoms with Crippen LogP contribution in [0.4, 0.5) is 11.4 Å². The predicted octanol–water partition coefficient (Wildman–Crippen LogP) is 2.33. The predicted molar refractivity (Wildman–Crippen MR) is 113 cm³/mol. The number of nitrogens with one attached hydrogen (secondary N) is 2. The number of hydrogen-bond donors (Lipinski definition) is 3. The fourth-order valence-corrected chi connectivity index (χ4v) is 2.80. The van der Waals surface area contributed by atoms with E-state index in [-0.39, 0.29) is 11.5 Å². The lowest BCUT2D eigenvalue weighted by atomic mass is 10.1. The van der Waals surface area contributed by atoms with Crippen molar-refractivity contribution in [3.05, 3.63) is 71.7 Å². The zero-order valence-electron chi connectivity index (χ0n) is 15.5. The lowest BCUT2D eigenvalue weighted by Gasteiger charge is -2.09. The molecule has 2 rings (SSSR count). The van der Waals surface area contributed by atoms with Crippen molar-refractivity contribution in [2.45, 2.75) is 6.92 Å². The Morgan fingerprint density at radius 3 is 2.18 bits per heavy atom. The molecule has 0 saturated heterocycles. The van der Waals surface area contributed by atoms with Gasteiger partial charge in [-0.3, -0.25) is 9.52 Å². The van der Waals surface area contributed by atoms with Gasteiger partial charge in [0.25, 0.3) is 5.91 Å². The highest BCUT2D eigenvalue weighted by atomic mass is 32.2. The van der Waals surface area contributed by atoms with Crippen molar-refractivity contribution in [2.75, 3.05) is 16.3 Å². The molecule has 9 heteroatoms. The standard InChI is InChI=1S/C19H21N5O3S/c1-13(14-9-11-16(12-10-14)24-28(3,26)27)22-17(18(20)21-2)19(25)23-15-7-5-4-6-8-15/h4-12,24H,2,20H2,1,3H3,(H,23,25)/b18-17-,22-13+. The molecule has 0 bridgehead atoms. The van der Waals surface area contributed by atoms with Gasteiger partial charge in [0, 0.05) is 17.1 Å². The Balaban J connectivity index is 2.28. The Hall–Kier alpha value is -3.46. The van der Waals surface area contributed by atoms with Crippen LogP contribution >= 0.6 is 0 Å². The second kappa shape index (κ2) is 8.96. The number of aliphatic imine (C=N–C) groups is 2. The monoisotopic (exact) mass is 399 g/mol. The zero-order valence-corrected chi connectivity index (χ0v) is 16.3. The van der Waals surface area contributed by atoms with Crippen LogP contribution in [-0.2, 0) is 14.8 Å². The molecule has 0 heterocycles. The van der Waals surface area contributed by atoms with Crippen molar-refractivity contribution in [1.82, 2.24) is 0 Å². The number of para-hydroxylation sites is 1. The van der Waals surface area contributed by atoms with Crippen LogP contribution in [0.2, 0.25) is 0 Å². The highest BCUT2D eigenvalue weighted by molar-refractivity contribution is 7.92. The number of sulfonamides is 1. The number of rotatable bonds is 7. The molecule has 0 saturated carbocycles. The van der Waals surface area contributed by atoms with Gasteiger partial charge in [-0.1, -0.05) is 30.3 Å². The molecule has 0 aliphatic carbocycles. The molecular formula is C19H21N5O3S. The Morgan fingerprint density at radius 2 is 1.64 bits per heavy atom. The number of anilines is 2. The first-order valence-electron chi connectivity index (χ1n) is 8.16. The molecule has 0 unspecified atom stereocenters. The van der Waals surface area contributed by atoms with Gasteiger partial charge in [-0.25, -0.2) is 18.4 Å². The van der Waals surface area contributed by atoms with Gasteiger partial charge in [0.15, 0.2) is 11.5 Å². The summed E-state index contributed by atoms with van der Waals surface area (Å²) in [5.74, 6) is -0.631. The molecule has 2 aromatic rings. The topological polar surface area (TPSA) is 126 Å². The van der Waals surface area contributed by atoms with Crippen molar-refractivity contribution in [2.24, 2.45) is 15.7 Å². The van der Waals surface area contributed by atoms with Gasteiger partial charge in [-0.2, -0.15) is 0 Å². The molecule has 0 radical (unpaired) electrons. The van der Waals surface area contributed by atoms with Crippen LogP contribution in [0.25, 0.3) is 0 Å². The maximum absolute atomic E-state index is 12.6. The van der Waals surface area contributed by atoms with Gasteiger partial charge >= 0.3 is 0 Å². The minimum absolute atomic E-state index is 0.0744. The van der Waals surface area contributed by atoms with Gasteiger partial charge in [-0.05, 0) is 43.5 Å². The van der Waals surface area contributed by atoms with Gasteiger partial charge in [-0.15, -0.1) is 0 Å². The summed E-state index contributed by atoms with van der Waals surface area (Å²) in [4.78, 5) is 20.5. The molecule has 1 amide bonds. The minimum atomic E-state index is -3.36. The third-order valence-corrected chi connectivity index (χ3v) is 4.15. The summed E-state index contributed by atoms with van der Waals surface area (Å²) < 4.78 is 24.9. The van der Waals surface area contributed by atoms with E-state index in [1.165, 1.54) is 0 Å². The highest BCUT2D eigenvalue weighted by Crippen LogP contribution is 2.15. The van der Waals surface area contributed by atoms with E-state index < -0.39 is 15.9 Å². The van der Waals surface area contributed by atoms with Gasteiger partial charge in [0.1, 0.15) is 0 Å². The average molecular weight is 399 g/mol. The van der Waals surface area contributed by atoms with Crippen molar-refractivity contribution in [3.63, 3.8) is 0 Å². The SMILES string of the molecule is C=N/C(N)=C(\N=C(/C)c1ccc(NS(C)(=O)=O)cc1)C(=O)Nc1ccccc1. The first-order valence-corrected chi connectivity index (χ1v) is 10.0. The number of hydrogen-bond acceptors (Lipinski definition) is 6. The summed E-state index contributed by atoms with van der Waals surface area (Å²) in [6.07, 6.45) is 1.07. The average Bonchev–Trinajstić information content (AvgIpc) is 2.65. The van der Waals surface area contributed by atoms with Crippen LogP contribution in [0.3, 0.4) is 0 Å². The van der Waals surface area contributed by atoms with Crippen LogP contribution in [0, 0.1) is 0 Å².